The first-order chi connectivity index (χ1) is 13.5. The zero-order chi connectivity index (χ0) is 19.7. The number of aromatic nitrogens is 3. The van der Waals surface area contributed by atoms with E-state index in [4.69, 9.17) is 9.72 Å². The minimum Gasteiger partial charge on any atom is -0.383 e. The molecule has 3 heterocycles. The van der Waals surface area contributed by atoms with Crippen molar-refractivity contribution in [3.8, 4) is 0 Å². The second-order valence-corrected chi connectivity index (χ2v) is 8.70. The first kappa shape index (κ1) is 19.0. The predicted octanol–water partition coefficient (Wildman–Crippen LogP) is 2.40. The molecule has 28 heavy (non-hydrogen) atoms. The van der Waals surface area contributed by atoms with Crippen LogP contribution < -0.4 is 0 Å². The van der Waals surface area contributed by atoms with Gasteiger partial charge in [0.05, 0.1) is 11.5 Å². The number of methoxy groups -OCH3 is 1. The van der Waals surface area contributed by atoms with Gasteiger partial charge in [-0.15, -0.1) is 0 Å². The molecule has 7 nitrogen and oxygen atoms in total. The lowest BCUT2D eigenvalue weighted by Gasteiger charge is -2.17. The summed E-state index contributed by atoms with van der Waals surface area (Å²) in [6, 6.07) is 8.66. The van der Waals surface area contributed by atoms with E-state index in [2.05, 4.69) is 4.98 Å². The summed E-state index contributed by atoms with van der Waals surface area (Å²) < 4.78 is 47.6. The predicted molar refractivity (Wildman–Crippen MR) is 102 cm³/mol. The maximum atomic E-state index is 13.1. The number of imidazole rings is 1. The lowest BCUT2D eigenvalue weighted by atomic mass is 10.1. The number of fused-ring (bicyclic) bond motifs is 1. The fraction of sp³-hybridized carbons (Fsp3) is 0.368. The summed E-state index contributed by atoms with van der Waals surface area (Å²) in [4.78, 5) is 9.25. The Morgan fingerprint density at radius 1 is 1.25 bits per heavy atom. The Kier molecular flexibility index (Phi) is 5.13. The Morgan fingerprint density at radius 3 is 2.79 bits per heavy atom. The molecule has 0 aliphatic carbocycles. The van der Waals surface area contributed by atoms with Gasteiger partial charge in [-0.25, -0.2) is 22.8 Å². The molecule has 148 valence electrons. The number of ether oxygens (including phenoxy) is 1. The van der Waals surface area contributed by atoms with Gasteiger partial charge in [-0.1, -0.05) is 0 Å². The van der Waals surface area contributed by atoms with E-state index in [1.54, 1.807) is 13.3 Å². The molecule has 0 radical (unpaired) electrons. The van der Waals surface area contributed by atoms with Gasteiger partial charge >= 0.3 is 0 Å². The zero-order valence-corrected chi connectivity index (χ0v) is 16.3. The highest BCUT2D eigenvalue weighted by atomic mass is 32.2. The summed E-state index contributed by atoms with van der Waals surface area (Å²) in [5.74, 6) is 0.321. The lowest BCUT2D eigenvalue weighted by Crippen LogP contribution is -2.29. The van der Waals surface area contributed by atoms with Gasteiger partial charge in [0, 0.05) is 38.9 Å². The van der Waals surface area contributed by atoms with Gasteiger partial charge in [-0.05, 0) is 42.8 Å². The van der Waals surface area contributed by atoms with Gasteiger partial charge in [-0.3, -0.25) is 0 Å². The topological polar surface area (TPSA) is 77.3 Å². The summed E-state index contributed by atoms with van der Waals surface area (Å²) >= 11 is 0. The average molecular weight is 404 g/mol. The van der Waals surface area contributed by atoms with Crippen molar-refractivity contribution in [3.63, 3.8) is 0 Å². The van der Waals surface area contributed by atoms with Crippen LogP contribution in [0.3, 0.4) is 0 Å². The molecule has 4 rings (SSSR count). The second kappa shape index (κ2) is 7.57. The first-order valence-electron chi connectivity index (χ1n) is 9.06. The summed E-state index contributed by atoms with van der Waals surface area (Å²) in [5, 5.41) is 0. The molecule has 0 saturated carbocycles. The standard InChI is InChI=1S/C19H21FN4O3S/c1-27-12-11-24-18(22-17-3-2-9-21-19(17)24)14-8-10-23(13-14)28(25,26)16-6-4-15(20)5-7-16/h2-7,9,14H,8,10-13H2,1H3/t14-/m1/s1. The number of pyridine rings is 1. The van der Waals surface area contributed by atoms with Gasteiger partial charge in [-0.2, -0.15) is 4.31 Å². The van der Waals surface area contributed by atoms with E-state index in [0.717, 1.165) is 29.1 Å². The highest BCUT2D eigenvalue weighted by molar-refractivity contribution is 7.89. The molecule has 0 N–H and O–H groups in total. The summed E-state index contributed by atoms with van der Waals surface area (Å²) in [6.45, 7) is 1.83. The van der Waals surface area contributed by atoms with Crippen molar-refractivity contribution in [2.24, 2.45) is 0 Å². The lowest BCUT2D eigenvalue weighted by molar-refractivity contribution is 0.187. The normalized spacial score (nSPS) is 18.1. The van der Waals surface area contributed by atoms with Crippen molar-refractivity contribution in [2.75, 3.05) is 26.8 Å². The molecule has 0 unspecified atom stereocenters. The molecule has 9 heteroatoms. The fourth-order valence-corrected chi connectivity index (χ4v) is 5.10. The third-order valence-corrected chi connectivity index (χ3v) is 6.90. The average Bonchev–Trinajstić information content (AvgIpc) is 3.32. The van der Waals surface area contributed by atoms with E-state index in [-0.39, 0.29) is 10.8 Å². The van der Waals surface area contributed by atoms with E-state index in [1.165, 1.54) is 16.4 Å². The van der Waals surface area contributed by atoms with E-state index in [9.17, 15) is 12.8 Å². The number of benzene rings is 1. The van der Waals surface area contributed by atoms with Crippen LogP contribution in [0.4, 0.5) is 4.39 Å². The van der Waals surface area contributed by atoms with Gasteiger partial charge in [0.25, 0.3) is 0 Å². The van der Waals surface area contributed by atoms with Crippen LogP contribution in [-0.4, -0.2) is 54.1 Å². The molecular weight excluding hydrogens is 383 g/mol. The zero-order valence-electron chi connectivity index (χ0n) is 15.5. The van der Waals surface area contributed by atoms with Crippen LogP contribution in [-0.2, 0) is 21.3 Å². The summed E-state index contributed by atoms with van der Waals surface area (Å²) in [5.41, 5.74) is 1.56. The largest absolute Gasteiger partial charge is 0.383 e. The highest BCUT2D eigenvalue weighted by Gasteiger charge is 2.35. The molecule has 3 aromatic rings. The maximum Gasteiger partial charge on any atom is 0.243 e. The van der Waals surface area contributed by atoms with Crippen LogP contribution in [0.2, 0.25) is 0 Å². The van der Waals surface area contributed by atoms with Crippen molar-refractivity contribution in [2.45, 2.75) is 23.8 Å². The van der Waals surface area contributed by atoms with Crippen LogP contribution in [0.15, 0.2) is 47.5 Å². The minimum atomic E-state index is -3.67. The number of nitrogens with zero attached hydrogens (tertiary/aromatic N) is 4. The molecule has 2 aromatic heterocycles. The number of rotatable bonds is 6. The molecule has 0 bridgehead atoms. The Balaban J connectivity index is 1.63. The molecule has 1 fully saturated rings. The van der Waals surface area contributed by atoms with Gasteiger partial charge in [0.1, 0.15) is 17.2 Å². The summed E-state index contributed by atoms with van der Waals surface area (Å²) in [7, 11) is -2.03. The number of hydrogen-bond donors (Lipinski definition) is 0. The van der Waals surface area contributed by atoms with Crippen LogP contribution in [0.1, 0.15) is 18.2 Å². The molecule has 0 spiro atoms. The maximum absolute atomic E-state index is 13.1. The number of sulfonamides is 1. The van der Waals surface area contributed by atoms with Crippen LogP contribution in [0, 0.1) is 5.82 Å². The van der Waals surface area contributed by atoms with Crippen LogP contribution >= 0.6 is 0 Å². The SMILES string of the molecule is COCCn1c([C@@H]2CCN(S(=O)(=O)c3ccc(F)cc3)C2)nc2cccnc21. The Bertz CT molecular complexity index is 1080. The molecule has 1 aliphatic heterocycles. The van der Waals surface area contributed by atoms with Crippen molar-refractivity contribution in [3.05, 3.63) is 54.2 Å². The van der Waals surface area contributed by atoms with Gasteiger partial charge in [0.15, 0.2) is 5.65 Å². The van der Waals surface area contributed by atoms with Gasteiger partial charge in [0.2, 0.25) is 10.0 Å². The molecule has 1 saturated heterocycles. The van der Waals surface area contributed by atoms with Crippen LogP contribution in [0.5, 0.6) is 0 Å². The summed E-state index contributed by atoms with van der Waals surface area (Å²) in [6.07, 6.45) is 2.38. The molecule has 1 atom stereocenters. The number of halogens is 1. The Hall–Kier alpha value is -2.36. The van der Waals surface area contributed by atoms with Gasteiger partial charge < -0.3 is 9.30 Å². The van der Waals surface area contributed by atoms with Crippen molar-refractivity contribution in [1.29, 1.82) is 0 Å². The van der Waals surface area contributed by atoms with E-state index >= 15 is 0 Å². The minimum absolute atomic E-state index is 0.0405. The highest BCUT2D eigenvalue weighted by Crippen LogP contribution is 2.32. The van der Waals surface area contributed by atoms with E-state index < -0.39 is 15.8 Å². The second-order valence-electron chi connectivity index (χ2n) is 6.76. The number of hydrogen-bond acceptors (Lipinski definition) is 5. The van der Waals surface area contributed by atoms with Crippen molar-refractivity contribution < 1.29 is 17.5 Å². The smallest absolute Gasteiger partial charge is 0.243 e. The van der Waals surface area contributed by atoms with Crippen LogP contribution in [0.25, 0.3) is 11.2 Å². The van der Waals surface area contributed by atoms with Crippen molar-refractivity contribution >= 4 is 21.2 Å². The Labute approximate surface area is 162 Å². The van der Waals surface area contributed by atoms with E-state index in [0.29, 0.717) is 32.7 Å². The molecule has 1 aromatic carbocycles. The molecular formula is C19H21FN4O3S. The third-order valence-electron chi connectivity index (χ3n) is 5.02. The quantitative estimate of drug-likeness (QED) is 0.631. The molecule has 1 aliphatic rings. The Morgan fingerprint density at radius 2 is 2.04 bits per heavy atom. The first-order valence-corrected chi connectivity index (χ1v) is 10.5. The fourth-order valence-electron chi connectivity index (χ4n) is 3.60. The molecule has 0 amide bonds. The van der Waals surface area contributed by atoms with Crippen molar-refractivity contribution in [1.82, 2.24) is 18.8 Å². The monoisotopic (exact) mass is 404 g/mol. The van der Waals surface area contributed by atoms with E-state index in [1.807, 2.05) is 16.7 Å². The third kappa shape index (κ3) is 3.41.